The number of hydrogen-bond donors (Lipinski definition) is 0. The standard InChI is InChI=1S/C22H17N3.4C2H6/c1-16-12-14-19(15-13-16)22-24-20(17-8-4-2-5-9-17)23-21(25-22)18-10-6-3-7-11-18;4*1-2/h2-15H,1H3;4*1-2H3. The molecule has 1 aromatic heterocycles. The number of hydrogen-bond acceptors (Lipinski definition) is 3. The van der Waals surface area contributed by atoms with Crippen molar-refractivity contribution in [3.05, 3.63) is 90.5 Å². The molecule has 0 radical (unpaired) electrons. The first-order valence-electron chi connectivity index (χ1n) is 12.2. The molecule has 3 nitrogen and oxygen atoms in total. The molecule has 0 N–H and O–H groups in total. The smallest absolute Gasteiger partial charge is 0.164 e. The van der Waals surface area contributed by atoms with Crippen LogP contribution in [0.4, 0.5) is 0 Å². The van der Waals surface area contributed by atoms with Crippen LogP contribution in [0.15, 0.2) is 84.9 Å². The summed E-state index contributed by atoms with van der Waals surface area (Å²) in [7, 11) is 0. The minimum absolute atomic E-state index is 0.685. The Morgan fingerprint density at radius 2 is 0.636 bits per heavy atom. The second-order valence-electron chi connectivity index (χ2n) is 5.90. The predicted octanol–water partition coefficient (Wildman–Crippen LogP) is 9.29. The van der Waals surface area contributed by atoms with Gasteiger partial charge in [-0.3, -0.25) is 0 Å². The van der Waals surface area contributed by atoms with E-state index in [-0.39, 0.29) is 0 Å². The van der Waals surface area contributed by atoms with Crippen LogP contribution in [-0.4, -0.2) is 15.0 Å². The molecular weight excluding hydrogens is 402 g/mol. The van der Waals surface area contributed by atoms with Gasteiger partial charge in [0.1, 0.15) is 0 Å². The monoisotopic (exact) mass is 443 g/mol. The van der Waals surface area contributed by atoms with Crippen molar-refractivity contribution in [1.82, 2.24) is 15.0 Å². The highest BCUT2D eigenvalue weighted by molar-refractivity contribution is 5.66. The first kappa shape index (κ1) is 29.7. The van der Waals surface area contributed by atoms with E-state index >= 15 is 0 Å². The Kier molecular flexibility index (Phi) is 16.4. The summed E-state index contributed by atoms with van der Waals surface area (Å²) < 4.78 is 0. The third-order valence-electron chi connectivity index (χ3n) is 4.01. The Labute approximate surface area is 202 Å². The zero-order valence-corrected chi connectivity index (χ0v) is 21.9. The lowest BCUT2D eigenvalue weighted by atomic mass is 10.1. The molecule has 0 fully saturated rings. The van der Waals surface area contributed by atoms with Crippen molar-refractivity contribution in [3.63, 3.8) is 0 Å². The van der Waals surface area contributed by atoms with E-state index in [9.17, 15) is 0 Å². The van der Waals surface area contributed by atoms with Crippen LogP contribution in [0.3, 0.4) is 0 Å². The molecule has 3 heteroatoms. The van der Waals surface area contributed by atoms with E-state index in [0.717, 1.165) is 16.7 Å². The lowest BCUT2D eigenvalue weighted by Crippen LogP contribution is -2.00. The van der Waals surface area contributed by atoms with Gasteiger partial charge in [-0.25, -0.2) is 15.0 Å². The number of benzene rings is 3. The molecular formula is C30H41N3. The molecule has 0 atom stereocenters. The van der Waals surface area contributed by atoms with Crippen molar-refractivity contribution in [2.75, 3.05) is 0 Å². The third kappa shape index (κ3) is 9.36. The van der Waals surface area contributed by atoms with E-state index in [4.69, 9.17) is 15.0 Å². The van der Waals surface area contributed by atoms with Crippen molar-refractivity contribution in [1.29, 1.82) is 0 Å². The Balaban J connectivity index is 0.00000116. The fourth-order valence-corrected chi connectivity index (χ4v) is 2.64. The quantitative estimate of drug-likeness (QED) is 0.316. The minimum Gasteiger partial charge on any atom is -0.208 e. The number of nitrogens with zero attached hydrogens (tertiary/aromatic N) is 3. The van der Waals surface area contributed by atoms with Crippen molar-refractivity contribution >= 4 is 0 Å². The van der Waals surface area contributed by atoms with E-state index in [1.807, 2.05) is 128 Å². The van der Waals surface area contributed by atoms with Crippen molar-refractivity contribution in [2.45, 2.75) is 62.3 Å². The molecule has 0 saturated carbocycles. The average Bonchev–Trinajstić information content (AvgIpc) is 2.94. The first-order chi connectivity index (χ1) is 16.3. The van der Waals surface area contributed by atoms with E-state index in [2.05, 4.69) is 19.1 Å². The molecule has 0 bridgehead atoms. The van der Waals surface area contributed by atoms with Gasteiger partial charge in [-0.05, 0) is 6.92 Å². The van der Waals surface area contributed by atoms with Gasteiger partial charge in [-0.1, -0.05) is 146 Å². The summed E-state index contributed by atoms with van der Waals surface area (Å²) in [6, 6.07) is 28.3. The van der Waals surface area contributed by atoms with E-state index in [1.54, 1.807) is 0 Å². The van der Waals surface area contributed by atoms with Crippen LogP contribution in [0.25, 0.3) is 34.2 Å². The molecule has 1 heterocycles. The largest absolute Gasteiger partial charge is 0.208 e. The molecule has 176 valence electrons. The topological polar surface area (TPSA) is 38.7 Å². The fourth-order valence-electron chi connectivity index (χ4n) is 2.64. The van der Waals surface area contributed by atoms with Gasteiger partial charge in [0, 0.05) is 16.7 Å². The Hall–Kier alpha value is -3.33. The molecule has 0 aliphatic heterocycles. The first-order valence-corrected chi connectivity index (χ1v) is 12.2. The van der Waals surface area contributed by atoms with Gasteiger partial charge in [0.2, 0.25) is 0 Å². The third-order valence-corrected chi connectivity index (χ3v) is 4.01. The number of aryl methyl sites for hydroxylation is 1. The van der Waals surface area contributed by atoms with Crippen LogP contribution in [0, 0.1) is 6.92 Å². The van der Waals surface area contributed by atoms with Crippen molar-refractivity contribution in [2.24, 2.45) is 0 Å². The summed E-state index contributed by atoms with van der Waals surface area (Å²) in [4.78, 5) is 14.1. The molecule has 4 aromatic rings. The van der Waals surface area contributed by atoms with Crippen LogP contribution in [-0.2, 0) is 0 Å². The highest BCUT2D eigenvalue weighted by Gasteiger charge is 2.11. The van der Waals surface area contributed by atoms with Gasteiger partial charge >= 0.3 is 0 Å². The summed E-state index contributed by atoms with van der Waals surface area (Å²) >= 11 is 0. The summed E-state index contributed by atoms with van der Waals surface area (Å²) in [6.07, 6.45) is 0. The molecule has 0 aliphatic rings. The van der Waals surface area contributed by atoms with Crippen molar-refractivity contribution < 1.29 is 0 Å². The van der Waals surface area contributed by atoms with E-state index < -0.39 is 0 Å². The van der Waals surface area contributed by atoms with Gasteiger partial charge < -0.3 is 0 Å². The second-order valence-corrected chi connectivity index (χ2v) is 5.90. The Morgan fingerprint density at radius 1 is 0.364 bits per heavy atom. The number of rotatable bonds is 3. The highest BCUT2D eigenvalue weighted by Crippen LogP contribution is 2.24. The molecule has 0 aliphatic carbocycles. The molecule has 0 spiro atoms. The van der Waals surface area contributed by atoms with Crippen LogP contribution < -0.4 is 0 Å². The molecule has 0 saturated heterocycles. The summed E-state index contributed by atoms with van der Waals surface area (Å²) in [6.45, 7) is 18.1. The number of aromatic nitrogens is 3. The molecule has 4 rings (SSSR count). The van der Waals surface area contributed by atoms with E-state index in [0.29, 0.717) is 17.5 Å². The second kappa shape index (κ2) is 18.3. The predicted molar refractivity (Wildman–Crippen MR) is 146 cm³/mol. The van der Waals surface area contributed by atoms with Crippen molar-refractivity contribution in [3.8, 4) is 34.2 Å². The Bertz CT molecular complexity index is 922. The van der Waals surface area contributed by atoms with Gasteiger partial charge in [0.25, 0.3) is 0 Å². The fraction of sp³-hybridized carbons (Fsp3) is 0.300. The average molecular weight is 444 g/mol. The minimum atomic E-state index is 0.685. The zero-order valence-electron chi connectivity index (χ0n) is 21.9. The molecule has 0 unspecified atom stereocenters. The van der Waals surface area contributed by atoms with Gasteiger partial charge in [-0.2, -0.15) is 0 Å². The maximum atomic E-state index is 4.71. The van der Waals surface area contributed by atoms with Gasteiger partial charge in [0.05, 0.1) is 0 Å². The maximum Gasteiger partial charge on any atom is 0.164 e. The SMILES string of the molecule is CC.CC.CC.CC.Cc1ccc(-c2nc(-c3ccccc3)nc(-c3ccccc3)n2)cc1. The highest BCUT2D eigenvalue weighted by atomic mass is 15.0. The molecule has 3 aromatic carbocycles. The summed E-state index contributed by atoms with van der Waals surface area (Å²) in [5.74, 6) is 2.06. The zero-order chi connectivity index (χ0) is 25.1. The van der Waals surface area contributed by atoms with Gasteiger partial charge in [-0.15, -0.1) is 0 Å². The normalized spacial score (nSPS) is 8.76. The van der Waals surface area contributed by atoms with E-state index in [1.165, 1.54) is 5.56 Å². The van der Waals surface area contributed by atoms with Crippen LogP contribution in [0.5, 0.6) is 0 Å². The Morgan fingerprint density at radius 3 is 0.939 bits per heavy atom. The summed E-state index contributed by atoms with van der Waals surface area (Å²) in [5.41, 5.74) is 4.16. The molecule has 33 heavy (non-hydrogen) atoms. The summed E-state index contributed by atoms with van der Waals surface area (Å²) in [5, 5.41) is 0. The van der Waals surface area contributed by atoms with Crippen LogP contribution >= 0.6 is 0 Å². The lowest BCUT2D eigenvalue weighted by molar-refractivity contribution is 1.07. The van der Waals surface area contributed by atoms with Crippen LogP contribution in [0.1, 0.15) is 61.0 Å². The van der Waals surface area contributed by atoms with Crippen LogP contribution in [0.2, 0.25) is 0 Å². The lowest BCUT2D eigenvalue weighted by Gasteiger charge is -2.08. The van der Waals surface area contributed by atoms with Gasteiger partial charge in [0.15, 0.2) is 17.5 Å². The maximum absolute atomic E-state index is 4.71. The molecule has 0 amide bonds.